The molecule has 1 aliphatic heterocycles. The first kappa shape index (κ1) is 15.5. The van der Waals surface area contributed by atoms with Gasteiger partial charge in [-0.15, -0.1) is 0 Å². The number of hydrogen-bond donors (Lipinski definition) is 2. The number of anilines is 1. The highest BCUT2D eigenvalue weighted by molar-refractivity contribution is 5.94. The van der Waals surface area contributed by atoms with Crippen LogP contribution in [0, 0.1) is 6.92 Å². The van der Waals surface area contributed by atoms with Crippen LogP contribution in [0.15, 0.2) is 18.2 Å². The smallest absolute Gasteiger partial charge is 0.336 e. The number of nitrogens with one attached hydrogen (secondary N) is 1. The molecule has 1 fully saturated rings. The summed E-state index contributed by atoms with van der Waals surface area (Å²) in [7, 11) is 0. The Kier molecular flexibility index (Phi) is 4.96. The Labute approximate surface area is 124 Å². The number of carboxylic acids is 1. The highest BCUT2D eigenvalue weighted by Crippen LogP contribution is 2.23. The predicted octanol–water partition coefficient (Wildman–Crippen LogP) is 2.98. The van der Waals surface area contributed by atoms with E-state index in [9.17, 15) is 9.59 Å². The SMILES string of the molecule is Cc1ccc(NC(=O)CCC2CCC(C)O2)cc1C(=O)O. The Balaban J connectivity index is 1.87. The van der Waals surface area contributed by atoms with Gasteiger partial charge in [0, 0.05) is 12.1 Å². The number of carboxylic acid groups (broad SMARTS) is 1. The molecule has 0 saturated carbocycles. The fourth-order valence-electron chi connectivity index (χ4n) is 2.54. The monoisotopic (exact) mass is 291 g/mol. The molecule has 5 nitrogen and oxygen atoms in total. The van der Waals surface area contributed by atoms with Crippen LogP contribution in [0.1, 0.15) is 48.5 Å². The summed E-state index contributed by atoms with van der Waals surface area (Å²) in [4.78, 5) is 23.0. The molecule has 0 aliphatic carbocycles. The molecule has 1 heterocycles. The molecule has 2 unspecified atom stereocenters. The quantitative estimate of drug-likeness (QED) is 0.874. The van der Waals surface area contributed by atoms with Gasteiger partial charge in [0.1, 0.15) is 0 Å². The largest absolute Gasteiger partial charge is 0.478 e. The Bertz CT molecular complexity index is 541. The molecular weight excluding hydrogens is 270 g/mol. The van der Waals surface area contributed by atoms with Gasteiger partial charge in [-0.25, -0.2) is 4.79 Å². The van der Waals surface area contributed by atoms with E-state index in [0.717, 1.165) is 12.8 Å². The number of carbonyl (C=O) groups is 2. The van der Waals surface area contributed by atoms with Crippen LogP contribution < -0.4 is 5.32 Å². The molecule has 1 aromatic carbocycles. The van der Waals surface area contributed by atoms with Crippen molar-refractivity contribution in [2.24, 2.45) is 0 Å². The summed E-state index contributed by atoms with van der Waals surface area (Å²) < 4.78 is 5.67. The summed E-state index contributed by atoms with van der Waals surface area (Å²) in [5, 5.41) is 11.8. The maximum Gasteiger partial charge on any atom is 0.336 e. The number of hydrogen-bond acceptors (Lipinski definition) is 3. The molecule has 21 heavy (non-hydrogen) atoms. The molecule has 1 amide bonds. The number of rotatable bonds is 5. The number of aryl methyl sites for hydroxylation is 1. The molecule has 1 aromatic rings. The minimum absolute atomic E-state index is 0.113. The Morgan fingerprint density at radius 3 is 2.76 bits per heavy atom. The zero-order chi connectivity index (χ0) is 15.4. The molecule has 2 N–H and O–H groups in total. The standard InChI is InChI=1S/C16H21NO4/c1-10-3-5-12(9-14(10)16(19)20)17-15(18)8-7-13-6-4-11(2)21-13/h3,5,9,11,13H,4,6-8H2,1-2H3,(H,17,18)(H,19,20). The summed E-state index contributed by atoms with van der Waals surface area (Å²) in [5.41, 5.74) is 1.40. The van der Waals surface area contributed by atoms with E-state index in [1.54, 1.807) is 19.1 Å². The highest BCUT2D eigenvalue weighted by Gasteiger charge is 2.22. The van der Waals surface area contributed by atoms with Crippen LogP contribution in [0.3, 0.4) is 0 Å². The lowest BCUT2D eigenvalue weighted by Gasteiger charge is -2.11. The van der Waals surface area contributed by atoms with E-state index < -0.39 is 5.97 Å². The van der Waals surface area contributed by atoms with Crippen molar-refractivity contribution in [1.29, 1.82) is 0 Å². The fourth-order valence-corrected chi connectivity index (χ4v) is 2.54. The molecule has 0 bridgehead atoms. The van der Waals surface area contributed by atoms with Crippen molar-refractivity contribution in [1.82, 2.24) is 0 Å². The van der Waals surface area contributed by atoms with Crippen LogP contribution >= 0.6 is 0 Å². The average Bonchev–Trinajstić information content (AvgIpc) is 2.84. The topological polar surface area (TPSA) is 75.6 Å². The maximum absolute atomic E-state index is 11.9. The highest BCUT2D eigenvalue weighted by atomic mass is 16.5. The van der Waals surface area contributed by atoms with Crippen molar-refractivity contribution in [2.75, 3.05) is 5.32 Å². The lowest BCUT2D eigenvalue weighted by molar-refractivity contribution is -0.116. The van der Waals surface area contributed by atoms with Crippen LogP contribution in [0.5, 0.6) is 0 Å². The molecule has 1 saturated heterocycles. The van der Waals surface area contributed by atoms with Gasteiger partial charge < -0.3 is 15.2 Å². The lowest BCUT2D eigenvalue weighted by atomic mass is 10.1. The van der Waals surface area contributed by atoms with Crippen molar-refractivity contribution in [3.05, 3.63) is 29.3 Å². The van der Waals surface area contributed by atoms with Gasteiger partial charge in [0.05, 0.1) is 17.8 Å². The van der Waals surface area contributed by atoms with Crippen molar-refractivity contribution in [3.63, 3.8) is 0 Å². The molecule has 0 spiro atoms. The van der Waals surface area contributed by atoms with E-state index >= 15 is 0 Å². The predicted molar refractivity (Wildman–Crippen MR) is 79.6 cm³/mol. The summed E-state index contributed by atoms with van der Waals surface area (Å²) in [6, 6.07) is 4.90. The van der Waals surface area contributed by atoms with E-state index in [2.05, 4.69) is 5.32 Å². The normalized spacial score (nSPS) is 21.2. The van der Waals surface area contributed by atoms with E-state index in [1.807, 2.05) is 6.92 Å². The zero-order valence-electron chi connectivity index (χ0n) is 12.4. The van der Waals surface area contributed by atoms with Gasteiger partial charge in [-0.1, -0.05) is 6.07 Å². The Morgan fingerprint density at radius 1 is 1.38 bits per heavy atom. The third kappa shape index (κ3) is 4.29. The summed E-state index contributed by atoms with van der Waals surface area (Å²) in [5.74, 6) is -1.10. The second-order valence-electron chi connectivity index (χ2n) is 5.57. The van der Waals surface area contributed by atoms with Gasteiger partial charge in [0.15, 0.2) is 0 Å². The van der Waals surface area contributed by atoms with Crippen molar-refractivity contribution in [3.8, 4) is 0 Å². The molecule has 2 atom stereocenters. The minimum atomic E-state index is -0.989. The molecule has 0 aromatic heterocycles. The Hall–Kier alpha value is -1.88. The van der Waals surface area contributed by atoms with E-state index in [0.29, 0.717) is 24.1 Å². The van der Waals surface area contributed by atoms with Crippen LogP contribution in [0.25, 0.3) is 0 Å². The summed E-state index contributed by atoms with van der Waals surface area (Å²) in [6.07, 6.45) is 3.59. The molecular formula is C16H21NO4. The number of aromatic carboxylic acids is 1. The van der Waals surface area contributed by atoms with E-state index in [-0.39, 0.29) is 23.7 Å². The summed E-state index contributed by atoms with van der Waals surface area (Å²) in [6.45, 7) is 3.77. The van der Waals surface area contributed by atoms with Crippen LogP contribution in [-0.4, -0.2) is 29.2 Å². The first-order valence-electron chi connectivity index (χ1n) is 7.25. The first-order valence-corrected chi connectivity index (χ1v) is 7.25. The molecule has 5 heteroatoms. The molecule has 0 radical (unpaired) electrons. The second kappa shape index (κ2) is 6.72. The number of amides is 1. The van der Waals surface area contributed by atoms with Crippen molar-refractivity contribution >= 4 is 17.6 Å². The van der Waals surface area contributed by atoms with Gasteiger partial charge >= 0.3 is 5.97 Å². The zero-order valence-corrected chi connectivity index (χ0v) is 12.4. The van der Waals surface area contributed by atoms with Crippen LogP contribution in [-0.2, 0) is 9.53 Å². The van der Waals surface area contributed by atoms with Gasteiger partial charge in [0.25, 0.3) is 0 Å². The first-order chi connectivity index (χ1) is 9.95. The summed E-state index contributed by atoms with van der Waals surface area (Å²) >= 11 is 0. The third-order valence-electron chi connectivity index (χ3n) is 3.77. The van der Waals surface area contributed by atoms with Crippen molar-refractivity contribution in [2.45, 2.75) is 51.7 Å². The van der Waals surface area contributed by atoms with E-state index in [1.165, 1.54) is 6.07 Å². The second-order valence-corrected chi connectivity index (χ2v) is 5.57. The minimum Gasteiger partial charge on any atom is -0.478 e. The molecule has 1 aliphatic rings. The number of benzene rings is 1. The fraction of sp³-hybridized carbons (Fsp3) is 0.500. The van der Waals surface area contributed by atoms with E-state index in [4.69, 9.17) is 9.84 Å². The van der Waals surface area contributed by atoms with Gasteiger partial charge in [-0.05, 0) is 50.8 Å². The third-order valence-corrected chi connectivity index (χ3v) is 3.77. The van der Waals surface area contributed by atoms with Crippen molar-refractivity contribution < 1.29 is 19.4 Å². The van der Waals surface area contributed by atoms with Gasteiger partial charge in [-0.2, -0.15) is 0 Å². The lowest BCUT2D eigenvalue weighted by Crippen LogP contribution is -2.16. The maximum atomic E-state index is 11.9. The average molecular weight is 291 g/mol. The van der Waals surface area contributed by atoms with Crippen LogP contribution in [0.2, 0.25) is 0 Å². The Morgan fingerprint density at radius 2 is 2.14 bits per heavy atom. The molecule has 2 rings (SSSR count). The number of ether oxygens (including phenoxy) is 1. The molecule has 114 valence electrons. The van der Waals surface area contributed by atoms with Gasteiger partial charge in [0.2, 0.25) is 5.91 Å². The van der Waals surface area contributed by atoms with Crippen LogP contribution in [0.4, 0.5) is 5.69 Å². The van der Waals surface area contributed by atoms with Gasteiger partial charge in [-0.3, -0.25) is 4.79 Å². The number of carbonyl (C=O) groups excluding carboxylic acids is 1.